The Kier molecular flexibility index (Phi) is 4.38. The largest absolute Gasteiger partial charge is 0.460 e. The van der Waals surface area contributed by atoms with Crippen molar-refractivity contribution in [1.29, 1.82) is 0 Å². The Labute approximate surface area is 132 Å². The van der Waals surface area contributed by atoms with E-state index in [2.05, 4.69) is 48.0 Å². The van der Waals surface area contributed by atoms with Crippen molar-refractivity contribution in [2.45, 2.75) is 26.2 Å². The highest BCUT2D eigenvalue weighted by molar-refractivity contribution is 9.10. The maximum absolute atomic E-state index is 5.48. The van der Waals surface area contributed by atoms with Crippen molar-refractivity contribution in [3.05, 3.63) is 16.8 Å². The molecule has 0 bridgehead atoms. The third-order valence-corrected chi connectivity index (χ3v) is 3.99. The topological polar surface area (TPSA) is 67.1 Å². The van der Waals surface area contributed by atoms with Crippen molar-refractivity contribution in [3.8, 4) is 11.6 Å². The van der Waals surface area contributed by atoms with Gasteiger partial charge in [0.2, 0.25) is 17.7 Å². The zero-order valence-electron chi connectivity index (χ0n) is 12.0. The van der Waals surface area contributed by atoms with Gasteiger partial charge >= 0.3 is 0 Å². The van der Waals surface area contributed by atoms with Gasteiger partial charge in [-0.05, 0) is 41.3 Å². The first kappa shape index (κ1) is 14.3. The number of nitrogens with zero attached hydrogens (tertiary/aromatic N) is 4. The summed E-state index contributed by atoms with van der Waals surface area (Å²) in [5, 5.41) is 3.23. The lowest BCUT2D eigenvalue weighted by molar-refractivity contribution is 0.575. The summed E-state index contributed by atoms with van der Waals surface area (Å²) in [4.78, 5) is 15.8. The van der Waals surface area contributed by atoms with Gasteiger partial charge in [0.25, 0.3) is 0 Å². The lowest BCUT2D eigenvalue weighted by Gasteiger charge is -2.16. The maximum Gasteiger partial charge on any atom is 0.230 e. The number of aromatic nitrogens is 3. The normalized spacial score (nSPS) is 14.7. The molecule has 0 atom stereocenters. The molecule has 2 aromatic heterocycles. The van der Waals surface area contributed by atoms with E-state index in [-0.39, 0.29) is 0 Å². The van der Waals surface area contributed by atoms with E-state index in [1.54, 1.807) is 6.26 Å². The molecule has 0 aromatic carbocycles. The van der Waals surface area contributed by atoms with Gasteiger partial charge in [-0.25, -0.2) is 0 Å². The molecule has 1 aliphatic rings. The molecular formula is C14H18BrN5O. The summed E-state index contributed by atoms with van der Waals surface area (Å²) in [6.45, 7) is 4.94. The van der Waals surface area contributed by atoms with Crippen LogP contribution in [0, 0.1) is 0 Å². The highest BCUT2D eigenvalue weighted by Crippen LogP contribution is 2.28. The fourth-order valence-electron chi connectivity index (χ4n) is 2.29. The van der Waals surface area contributed by atoms with E-state index >= 15 is 0 Å². The molecule has 3 rings (SSSR count). The lowest BCUT2D eigenvalue weighted by Crippen LogP contribution is -2.22. The molecule has 0 spiro atoms. The van der Waals surface area contributed by atoms with Crippen LogP contribution >= 0.6 is 15.9 Å². The van der Waals surface area contributed by atoms with Crippen LogP contribution in [0.2, 0.25) is 0 Å². The highest BCUT2D eigenvalue weighted by atomic mass is 79.9. The van der Waals surface area contributed by atoms with Crippen LogP contribution < -0.4 is 10.2 Å². The van der Waals surface area contributed by atoms with Gasteiger partial charge in [-0.15, -0.1) is 0 Å². The number of rotatable bonds is 5. The molecular weight excluding hydrogens is 334 g/mol. The van der Waals surface area contributed by atoms with E-state index in [0.717, 1.165) is 36.5 Å². The van der Waals surface area contributed by atoms with Crippen LogP contribution in [0.1, 0.15) is 26.2 Å². The second kappa shape index (κ2) is 6.43. The molecule has 1 aliphatic heterocycles. The molecule has 0 saturated carbocycles. The standard InChI is InChI=1S/C14H18BrN5O/c1-2-6-16-13-17-12(11-10(15)5-9-21-11)18-14(19-13)20-7-3-4-8-20/h5,9H,2-4,6-8H2,1H3,(H,16,17,18,19). The molecule has 1 saturated heterocycles. The van der Waals surface area contributed by atoms with Crippen LogP contribution in [0.3, 0.4) is 0 Å². The Morgan fingerprint density at radius 3 is 2.76 bits per heavy atom. The summed E-state index contributed by atoms with van der Waals surface area (Å²) in [5.41, 5.74) is 0. The molecule has 0 radical (unpaired) electrons. The van der Waals surface area contributed by atoms with Crippen LogP contribution in [-0.4, -0.2) is 34.6 Å². The Balaban J connectivity index is 1.98. The predicted octanol–water partition coefficient (Wildman–Crippen LogP) is 3.32. The van der Waals surface area contributed by atoms with Crippen LogP contribution in [0.5, 0.6) is 0 Å². The molecule has 112 valence electrons. The second-order valence-electron chi connectivity index (χ2n) is 5.00. The molecule has 7 heteroatoms. The Hall–Kier alpha value is -1.63. The third kappa shape index (κ3) is 3.18. The van der Waals surface area contributed by atoms with Crippen molar-refractivity contribution < 1.29 is 4.42 Å². The molecule has 0 aliphatic carbocycles. The summed E-state index contributed by atoms with van der Waals surface area (Å²) in [6.07, 6.45) is 5.01. The predicted molar refractivity (Wildman–Crippen MR) is 85.5 cm³/mol. The Morgan fingerprint density at radius 2 is 2.10 bits per heavy atom. The zero-order chi connectivity index (χ0) is 14.7. The van der Waals surface area contributed by atoms with Crippen molar-refractivity contribution in [1.82, 2.24) is 15.0 Å². The van der Waals surface area contributed by atoms with Gasteiger partial charge in [-0.1, -0.05) is 6.92 Å². The van der Waals surface area contributed by atoms with Crippen molar-refractivity contribution in [3.63, 3.8) is 0 Å². The van der Waals surface area contributed by atoms with Crippen molar-refractivity contribution in [2.75, 3.05) is 29.9 Å². The number of hydrogen-bond acceptors (Lipinski definition) is 6. The quantitative estimate of drug-likeness (QED) is 0.891. The van der Waals surface area contributed by atoms with Gasteiger partial charge in [-0.2, -0.15) is 15.0 Å². The fraction of sp³-hybridized carbons (Fsp3) is 0.500. The number of anilines is 2. The van der Waals surface area contributed by atoms with E-state index in [0.29, 0.717) is 17.5 Å². The van der Waals surface area contributed by atoms with Gasteiger partial charge in [0.05, 0.1) is 10.7 Å². The molecule has 1 fully saturated rings. The van der Waals surface area contributed by atoms with E-state index in [1.807, 2.05) is 6.07 Å². The SMILES string of the molecule is CCCNc1nc(-c2occc2Br)nc(N2CCCC2)n1. The van der Waals surface area contributed by atoms with Crippen LogP contribution in [0.15, 0.2) is 21.2 Å². The lowest BCUT2D eigenvalue weighted by atomic mass is 10.4. The van der Waals surface area contributed by atoms with E-state index in [4.69, 9.17) is 4.42 Å². The Morgan fingerprint density at radius 1 is 1.29 bits per heavy atom. The van der Waals surface area contributed by atoms with E-state index in [9.17, 15) is 0 Å². The van der Waals surface area contributed by atoms with Gasteiger partial charge in [0, 0.05) is 19.6 Å². The summed E-state index contributed by atoms with van der Waals surface area (Å²) >= 11 is 3.46. The maximum atomic E-state index is 5.48. The number of hydrogen-bond donors (Lipinski definition) is 1. The molecule has 6 nitrogen and oxygen atoms in total. The van der Waals surface area contributed by atoms with Gasteiger partial charge < -0.3 is 14.6 Å². The minimum atomic E-state index is 0.558. The average molecular weight is 352 g/mol. The minimum Gasteiger partial charge on any atom is -0.460 e. The molecule has 3 heterocycles. The average Bonchev–Trinajstić information content (AvgIpc) is 3.16. The van der Waals surface area contributed by atoms with E-state index < -0.39 is 0 Å². The molecule has 21 heavy (non-hydrogen) atoms. The molecule has 0 unspecified atom stereocenters. The van der Waals surface area contributed by atoms with E-state index in [1.165, 1.54) is 12.8 Å². The van der Waals surface area contributed by atoms with Gasteiger partial charge in [0.1, 0.15) is 0 Å². The first-order valence-corrected chi connectivity index (χ1v) is 8.05. The van der Waals surface area contributed by atoms with Crippen LogP contribution in [0.25, 0.3) is 11.6 Å². The summed E-state index contributed by atoms with van der Waals surface area (Å²) in [7, 11) is 0. The highest BCUT2D eigenvalue weighted by Gasteiger charge is 2.19. The minimum absolute atomic E-state index is 0.558. The monoisotopic (exact) mass is 351 g/mol. The third-order valence-electron chi connectivity index (χ3n) is 3.37. The first-order valence-electron chi connectivity index (χ1n) is 7.26. The van der Waals surface area contributed by atoms with Gasteiger partial charge in [-0.3, -0.25) is 0 Å². The number of nitrogens with one attached hydrogen (secondary N) is 1. The fourth-order valence-corrected chi connectivity index (χ4v) is 2.67. The zero-order valence-corrected chi connectivity index (χ0v) is 13.6. The summed E-state index contributed by atoms with van der Waals surface area (Å²) < 4.78 is 6.33. The van der Waals surface area contributed by atoms with Gasteiger partial charge in [0.15, 0.2) is 5.76 Å². The van der Waals surface area contributed by atoms with Crippen LogP contribution in [0.4, 0.5) is 11.9 Å². The first-order chi connectivity index (χ1) is 10.3. The molecule has 0 amide bonds. The Bertz CT molecular complexity index is 609. The molecule has 1 N–H and O–H groups in total. The number of halogens is 1. The number of furan rings is 1. The van der Waals surface area contributed by atoms with Crippen molar-refractivity contribution in [2.24, 2.45) is 0 Å². The summed E-state index contributed by atoms with van der Waals surface area (Å²) in [5.74, 6) is 2.52. The summed E-state index contributed by atoms with van der Waals surface area (Å²) in [6, 6.07) is 1.84. The second-order valence-corrected chi connectivity index (χ2v) is 5.86. The molecule has 2 aromatic rings. The van der Waals surface area contributed by atoms with Crippen molar-refractivity contribution >= 4 is 27.8 Å². The van der Waals surface area contributed by atoms with Crippen LogP contribution in [-0.2, 0) is 0 Å². The smallest absolute Gasteiger partial charge is 0.230 e.